The summed E-state index contributed by atoms with van der Waals surface area (Å²) < 4.78 is 5.81. The van der Waals surface area contributed by atoms with E-state index < -0.39 is 0 Å². The molecule has 0 radical (unpaired) electrons. The van der Waals surface area contributed by atoms with Gasteiger partial charge in [0.1, 0.15) is 11.6 Å². The van der Waals surface area contributed by atoms with Gasteiger partial charge in [-0.1, -0.05) is 30.8 Å². The molecule has 36 heavy (non-hydrogen) atoms. The van der Waals surface area contributed by atoms with Crippen LogP contribution in [0.25, 0.3) is 10.8 Å². The minimum absolute atomic E-state index is 0.0371. The summed E-state index contributed by atoms with van der Waals surface area (Å²) in [7, 11) is 0. The fourth-order valence-corrected chi connectivity index (χ4v) is 4.95. The molecule has 2 aliphatic heterocycles. The molecule has 188 valence electrons. The van der Waals surface area contributed by atoms with Crippen molar-refractivity contribution in [1.29, 1.82) is 0 Å². The van der Waals surface area contributed by atoms with E-state index >= 15 is 0 Å². The van der Waals surface area contributed by atoms with Crippen molar-refractivity contribution in [2.24, 2.45) is 0 Å². The number of carbonyl (C=O) groups excluding carboxylic acids is 1. The molecule has 9 heteroatoms. The Labute approximate surface area is 210 Å². The van der Waals surface area contributed by atoms with Gasteiger partial charge in [0.2, 0.25) is 5.91 Å². The third-order valence-corrected chi connectivity index (χ3v) is 6.79. The average Bonchev–Trinajstić information content (AvgIpc) is 2.91. The zero-order valence-corrected chi connectivity index (χ0v) is 20.3. The molecule has 2 aromatic carbocycles. The number of amides is 1. The van der Waals surface area contributed by atoms with Crippen LogP contribution in [0.15, 0.2) is 49.1 Å². The number of nitrogens with zero attached hydrogens (tertiary/aromatic N) is 5. The number of benzene rings is 2. The van der Waals surface area contributed by atoms with Crippen molar-refractivity contribution in [2.75, 3.05) is 55.7 Å². The van der Waals surface area contributed by atoms with Crippen LogP contribution < -0.4 is 14.5 Å². The van der Waals surface area contributed by atoms with E-state index in [9.17, 15) is 9.90 Å². The van der Waals surface area contributed by atoms with E-state index in [0.717, 1.165) is 46.5 Å². The number of ether oxygens (including phenoxy) is 1. The Kier molecular flexibility index (Phi) is 6.90. The second-order valence-electron chi connectivity index (χ2n) is 9.05. The van der Waals surface area contributed by atoms with Gasteiger partial charge in [-0.05, 0) is 23.9 Å². The second kappa shape index (κ2) is 10.4. The van der Waals surface area contributed by atoms with Crippen LogP contribution in [-0.4, -0.2) is 76.9 Å². The van der Waals surface area contributed by atoms with Crippen molar-refractivity contribution in [3.63, 3.8) is 0 Å². The van der Waals surface area contributed by atoms with E-state index in [-0.39, 0.29) is 18.3 Å². The fraction of sp³-hybridized carbons (Fsp3) is 0.370. The van der Waals surface area contributed by atoms with Gasteiger partial charge in [-0.3, -0.25) is 4.79 Å². The topological polar surface area (TPSA) is 102 Å². The predicted octanol–water partition coefficient (Wildman–Crippen LogP) is 2.49. The van der Waals surface area contributed by atoms with Gasteiger partial charge in [0.25, 0.3) is 0 Å². The standard InChI is InChI=1S/C27H31N5O4/c1-2-25(35)30-10-12-31(13-11-30)26-22-8-9-32(18-23(22)28-27(29-26)36-15-5-14-33)24-17-20(34)16-19-6-3-4-7-21(19)24/h2-4,6-7,16-17,33-34H,1,5,8-15,18H2. The number of phenolic OH excluding ortho intramolecular Hbond substituents is 1. The quantitative estimate of drug-likeness (QED) is 0.386. The molecule has 3 heterocycles. The van der Waals surface area contributed by atoms with Crippen molar-refractivity contribution in [3.8, 4) is 11.8 Å². The highest BCUT2D eigenvalue weighted by atomic mass is 16.5. The number of rotatable bonds is 7. The number of aliphatic hydroxyl groups is 1. The minimum atomic E-state index is -0.0543. The van der Waals surface area contributed by atoms with Crippen molar-refractivity contribution in [2.45, 2.75) is 19.4 Å². The molecule has 0 unspecified atom stereocenters. The smallest absolute Gasteiger partial charge is 0.318 e. The zero-order chi connectivity index (χ0) is 25.1. The molecule has 1 amide bonds. The summed E-state index contributed by atoms with van der Waals surface area (Å²) in [5.41, 5.74) is 2.95. The first-order chi connectivity index (χ1) is 17.6. The Morgan fingerprint density at radius 2 is 1.89 bits per heavy atom. The fourth-order valence-electron chi connectivity index (χ4n) is 4.95. The number of fused-ring (bicyclic) bond motifs is 2. The molecule has 3 aromatic rings. The molecule has 0 aliphatic carbocycles. The molecule has 1 aromatic heterocycles. The third-order valence-electron chi connectivity index (χ3n) is 6.79. The minimum Gasteiger partial charge on any atom is -0.508 e. The Hall–Kier alpha value is -3.85. The Morgan fingerprint density at radius 1 is 1.08 bits per heavy atom. The third kappa shape index (κ3) is 4.79. The van der Waals surface area contributed by atoms with Gasteiger partial charge >= 0.3 is 6.01 Å². The summed E-state index contributed by atoms with van der Waals surface area (Å²) in [5.74, 6) is 1.03. The van der Waals surface area contributed by atoms with Gasteiger partial charge in [0, 0.05) is 68.5 Å². The van der Waals surface area contributed by atoms with Crippen molar-refractivity contribution < 1.29 is 19.7 Å². The van der Waals surface area contributed by atoms with Crippen LogP contribution in [0.2, 0.25) is 0 Å². The normalized spacial score (nSPS) is 15.6. The van der Waals surface area contributed by atoms with Crippen LogP contribution in [0.5, 0.6) is 11.8 Å². The van der Waals surface area contributed by atoms with Gasteiger partial charge in [-0.2, -0.15) is 9.97 Å². The van der Waals surface area contributed by atoms with Gasteiger partial charge in [-0.25, -0.2) is 0 Å². The number of piperazine rings is 1. The Bertz CT molecular complexity index is 1270. The molecule has 0 saturated carbocycles. The molecule has 2 aliphatic rings. The summed E-state index contributed by atoms with van der Waals surface area (Å²) in [5, 5.41) is 21.6. The molecule has 5 rings (SSSR count). The maximum absolute atomic E-state index is 12.0. The van der Waals surface area contributed by atoms with Gasteiger partial charge in [0.15, 0.2) is 0 Å². The number of hydrogen-bond donors (Lipinski definition) is 2. The number of aromatic hydroxyl groups is 1. The van der Waals surface area contributed by atoms with E-state index in [1.807, 2.05) is 24.3 Å². The maximum Gasteiger partial charge on any atom is 0.318 e. The van der Waals surface area contributed by atoms with Gasteiger partial charge in [-0.15, -0.1) is 0 Å². The van der Waals surface area contributed by atoms with E-state index in [4.69, 9.17) is 19.8 Å². The van der Waals surface area contributed by atoms with Crippen molar-refractivity contribution in [1.82, 2.24) is 14.9 Å². The van der Waals surface area contributed by atoms with E-state index in [1.165, 1.54) is 6.08 Å². The van der Waals surface area contributed by atoms with Crippen LogP contribution in [0.1, 0.15) is 17.7 Å². The van der Waals surface area contributed by atoms with Crippen LogP contribution in [-0.2, 0) is 17.8 Å². The highest BCUT2D eigenvalue weighted by Crippen LogP contribution is 2.36. The number of anilines is 2. The Morgan fingerprint density at radius 3 is 2.67 bits per heavy atom. The predicted molar refractivity (Wildman–Crippen MR) is 139 cm³/mol. The average molecular weight is 490 g/mol. The molecule has 0 spiro atoms. The second-order valence-corrected chi connectivity index (χ2v) is 9.05. The molecule has 1 fully saturated rings. The van der Waals surface area contributed by atoms with Crippen LogP contribution in [0, 0.1) is 0 Å². The lowest BCUT2D eigenvalue weighted by Crippen LogP contribution is -2.49. The van der Waals surface area contributed by atoms with Crippen molar-refractivity contribution >= 4 is 28.2 Å². The number of phenols is 1. The van der Waals surface area contributed by atoms with Crippen LogP contribution >= 0.6 is 0 Å². The highest BCUT2D eigenvalue weighted by Gasteiger charge is 2.29. The number of carbonyl (C=O) groups is 1. The summed E-state index contributed by atoms with van der Waals surface area (Å²) in [6.45, 7) is 7.82. The number of aromatic nitrogens is 2. The summed E-state index contributed by atoms with van der Waals surface area (Å²) in [6, 6.07) is 11.9. The first-order valence-electron chi connectivity index (χ1n) is 12.3. The number of hydrogen-bond acceptors (Lipinski definition) is 8. The lowest BCUT2D eigenvalue weighted by Gasteiger charge is -2.38. The molecule has 0 atom stereocenters. The van der Waals surface area contributed by atoms with Crippen molar-refractivity contribution in [3.05, 3.63) is 60.3 Å². The summed E-state index contributed by atoms with van der Waals surface area (Å²) in [6.07, 6.45) is 2.60. The molecule has 0 bridgehead atoms. The largest absolute Gasteiger partial charge is 0.508 e. The highest BCUT2D eigenvalue weighted by molar-refractivity contribution is 5.95. The first kappa shape index (κ1) is 23.9. The number of aliphatic hydroxyl groups excluding tert-OH is 1. The summed E-state index contributed by atoms with van der Waals surface area (Å²) >= 11 is 0. The van der Waals surface area contributed by atoms with Crippen LogP contribution in [0.3, 0.4) is 0 Å². The molecular weight excluding hydrogens is 458 g/mol. The summed E-state index contributed by atoms with van der Waals surface area (Å²) in [4.78, 5) is 27.8. The van der Waals surface area contributed by atoms with Gasteiger partial charge < -0.3 is 29.6 Å². The molecule has 1 saturated heterocycles. The van der Waals surface area contributed by atoms with Crippen LogP contribution in [0.4, 0.5) is 11.5 Å². The zero-order valence-electron chi connectivity index (χ0n) is 20.3. The molecule has 9 nitrogen and oxygen atoms in total. The van der Waals surface area contributed by atoms with E-state index in [1.54, 1.807) is 11.0 Å². The molecule has 2 N–H and O–H groups in total. The Balaban J connectivity index is 1.46. The SMILES string of the molecule is C=CC(=O)N1CCN(c2nc(OCCCO)nc3c2CCN(c2cc(O)cc4ccccc24)C3)CC1. The van der Waals surface area contributed by atoms with E-state index in [0.29, 0.717) is 51.8 Å². The van der Waals surface area contributed by atoms with E-state index in [2.05, 4.69) is 22.4 Å². The maximum atomic E-state index is 12.0. The molecular formula is C27H31N5O4. The lowest BCUT2D eigenvalue weighted by molar-refractivity contribution is -0.126. The van der Waals surface area contributed by atoms with Gasteiger partial charge in [0.05, 0.1) is 18.8 Å². The monoisotopic (exact) mass is 489 g/mol. The lowest BCUT2D eigenvalue weighted by atomic mass is 10.0. The first-order valence-corrected chi connectivity index (χ1v) is 12.3.